The molecule has 1 atom stereocenters. The third-order valence-corrected chi connectivity index (χ3v) is 3.17. The lowest BCUT2D eigenvalue weighted by Crippen LogP contribution is -2.19. The lowest BCUT2D eigenvalue weighted by Gasteiger charge is -2.14. The van der Waals surface area contributed by atoms with Crippen molar-refractivity contribution in [1.82, 2.24) is 5.32 Å². The van der Waals surface area contributed by atoms with Gasteiger partial charge in [-0.3, -0.25) is 0 Å². The maximum atomic E-state index is 5.27. The summed E-state index contributed by atoms with van der Waals surface area (Å²) in [5.74, 6) is 0.955. The van der Waals surface area contributed by atoms with Gasteiger partial charge in [-0.05, 0) is 49.1 Å². The molecule has 1 aromatic carbocycles. The molecule has 0 bridgehead atoms. The van der Waals surface area contributed by atoms with Crippen LogP contribution in [0.25, 0.3) is 0 Å². The Morgan fingerprint density at radius 1 is 1.56 bits per heavy atom. The molecule has 0 saturated carbocycles. The summed E-state index contributed by atoms with van der Waals surface area (Å²) in [5, 5.41) is 3.56. The van der Waals surface area contributed by atoms with Crippen LogP contribution < -0.4 is 10.1 Å². The van der Waals surface area contributed by atoms with Gasteiger partial charge in [0.2, 0.25) is 0 Å². The van der Waals surface area contributed by atoms with E-state index in [1.165, 1.54) is 24.0 Å². The third-order valence-electron chi connectivity index (χ3n) is 3.17. The SMILES string of the molecule is C=CCCNC1CCc2ccc(OC)cc21. The van der Waals surface area contributed by atoms with Crippen molar-refractivity contribution in [3.8, 4) is 5.75 Å². The molecular weight excluding hydrogens is 198 g/mol. The van der Waals surface area contributed by atoms with Gasteiger partial charge in [0.1, 0.15) is 5.75 Å². The summed E-state index contributed by atoms with van der Waals surface area (Å²) < 4.78 is 5.27. The van der Waals surface area contributed by atoms with E-state index in [1.54, 1.807) is 7.11 Å². The van der Waals surface area contributed by atoms with Crippen LogP contribution in [0.5, 0.6) is 5.75 Å². The molecule has 0 fully saturated rings. The zero-order chi connectivity index (χ0) is 11.4. The molecule has 0 spiro atoms. The fourth-order valence-electron chi connectivity index (χ4n) is 2.28. The van der Waals surface area contributed by atoms with Crippen LogP contribution in [0.2, 0.25) is 0 Å². The van der Waals surface area contributed by atoms with Crippen molar-refractivity contribution >= 4 is 0 Å². The van der Waals surface area contributed by atoms with Crippen molar-refractivity contribution in [1.29, 1.82) is 0 Å². The number of fused-ring (bicyclic) bond motifs is 1. The molecule has 0 saturated heterocycles. The highest BCUT2D eigenvalue weighted by Gasteiger charge is 2.21. The monoisotopic (exact) mass is 217 g/mol. The Morgan fingerprint density at radius 3 is 3.19 bits per heavy atom. The number of hydrogen-bond acceptors (Lipinski definition) is 2. The normalized spacial score (nSPS) is 18.2. The van der Waals surface area contributed by atoms with E-state index in [0.717, 1.165) is 18.7 Å². The summed E-state index contributed by atoms with van der Waals surface area (Å²) in [4.78, 5) is 0. The van der Waals surface area contributed by atoms with E-state index in [4.69, 9.17) is 4.74 Å². The zero-order valence-corrected chi connectivity index (χ0v) is 9.83. The molecule has 86 valence electrons. The molecule has 0 aliphatic heterocycles. The first kappa shape index (κ1) is 11.2. The standard InChI is InChI=1S/C14H19NO/c1-3-4-9-15-14-8-6-11-5-7-12(16-2)10-13(11)14/h3,5,7,10,14-15H,1,4,6,8-9H2,2H3. The average molecular weight is 217 g/mol. The molecule has 1 aromatic rings. The molecule has 16 heavy (non-hydrogen) atoms. The predicted octanol–water partition coefficient (Wildman–Crippen LogP) is 2.85. The van der Waals surface area contributed by atoms with Gasteiger partial charge in [-0.25, -0.2) is 0 Å². The van der Waals surface area contributed by atoms with Crippen molar-refractivity contribution in [2.24, 2.45) is 0 Å². The van der Waals surface area contributed by atoms with Gasteiger partial charge >= 0.3 is 0 Å². The predicted molar refractivity (Wildman–Crippen MR) is 66.9 cm³/mol. The minimum Gasteiger partial charge on any atom is -0.497 e. The van der Waals surface area contributed by atoms with E-state index < -0.39 is 0 Å². The Kier molecular flexibility index (Phi) is 3.62. The fourth-order valence-corrected chi connectivity index (χ4v) is 2.28. The van der Waals surface area contributed by atoms with Gasteiger partial charge in [-0.1, -0.05) is 12.1 Å². The van der Waals surface area contributed by atoms with Crippen LogP contribution in [-0.4, -0.2) is 13.7 Å². The Morgan fingerprint density at radius 2 is 2.44 bits per heavy atom. The van der Waals surface area contributed by atoms with Crippen LogP contribution in [0.3, 0.4) is 0 Å². The van der Waals surface area contributed by atoms with Gasteiger partial charge in [-0.15, -0.1) is 6.58 Å². The summed E-state index contributed by atoms with van der Waals surface area (Å²) in [6.45, 7) is 4.74. The number of methoxy groups -OCH3 is 1. The molecule has 1 aliphatic rings. The average Bonchev–Trinajstić information content (AvgIpc) is 2.72. The highest BCUT2D eigenvalue weighted by molar-refractivity contribution is 5.40. The van der Waals surface area contributed by atoms with Crippen LogP contribution >= 0.6 is 0 Å². The number of rotatable bonds is 5. The van der Waals surface area contributed by atoms with E-state index in [2.05, 4.69) is 24.0 Å². The highest BCUT2D eigenvalue weighted by atomic mass is 16.5. The summed E-state index contributed by atoms with van der Waals surface area (Å²) in [7, 11) is 1.72. The Bertz CT molecular complexity index is 373. The van der Waals surface area contributed by atoms with Crippen LogP contribution in [0.4, 0.5) is 0 Å². The molecule has 0 aromatic heterocycles. The maximum Gasteiger partial charge on any atom is 0.119 e. The Labute approximate surface area is 97.3 Å². The largest absolute Gasteiger partial charge is 0.497 e. The van der Waals surface area contributed by atoms with Gasteiger partial charge in [-0.2, -0.15) is 0 Å². The molecule has 2 heteroatoms. The molecule has 0 amide bonds. The summed E-state index contributed by atoms with van der Waals surface area (Å²) in [6, 6.07) is 6.88. The first-order chi connectivity index (χ1) is 7.85. The van der Waals surface area contributed by atoms with Crippen molar-refractivity contribution in [2.45, 2.75) is 25.3 Å². The summed E-state index contributed by atoms with van der Waals surface area (Å²) in [5.41, 5.74) is 2.86. The zero-order valence-electron chi connectivity index (χ0n) is 9.83. The number of aryl methyl sites for hydroxylation is 1. The van der Waals surface area contributed by atoms with E-state index in [9.17, 15) is 0 Å². The molecule has 2 nitrogen and oxygen atoms in total. The van der Waals surface area contributed by atoms with Crippen molar-refractivity contribution < 1.29 is 4.74 Å². The first-order valence-corrected chi connectivity index (χ1v) is 5.86. The van der Waals surface area contributed by atoms with E-state index in [1.807, 2.05) is 12.1 Å². The van der Waals surface area contributed by atoms with E-state index in [-0.39, 0.29) is 0 Å². The van der Waals surface area contributed by atoms with Crippen molar-refractivity contribution in [3.63, 3.8) is 0 Å². The molecule has 1 unspecified atom stereocenters. The molecule has 1 N–H and O–H groups in total. The highest BCUT2D eigenvalue weighted by Crippen LogP contribution is 2.33. The summed E-state index contributed by atoms with van der Waals surface area (Å²) >= 11 is 0. The molecule has 2 rings (SSSR count). The second-order valence-electron chi connectivity index (χ2n) is 4.19. The number of hydrogen-bond donors (Lipinski definition) is 1. The van der Waals surface area contributed by atoms with Crippen molar-refractivity contribution in [3.05, 3.63) is 42.0 Å². The number of benzene rings is 1. The van der Waals surface area contributed by atoms with Crippen molar-refractivity contribution in [2.75, 3.05) is 13.7 Å². The lowest BCUT2D eigenvalue weighted by atomic mass is 10.1. The fraction of sp³-hybridized carbons (Fsp3) is 0.429. The number of ether oxygens (including phenoxy) is 1. The van der Waals surface area contributed by atoms with Crippen LogP contribution in [0, 0.1) is 0 Å². The van der Waals surface area contributed by atoms with Crippen LogP contribution in [0.1, 0.15) is 30.0 Å². The van der Waals surface area contributed by atoms with Crippen LogP contribution in [-0.2, 0) is 6.42 Å². The molecular formula is C14H19NO. The smallest absolute Gasteiger partial charge is 0.119 e. The van der Waals surface area contributed by atoms with Gasteiger partial charge in [0.15, 0.2) is 0 Å². The van der Waals surface area contributed by atoms with E-state index >= 15 is 0 Å². The quantitative estimate of drug-likeness (QED) is 0.605. The van der Waals surface area contributed by atoms with E-state index in [0.29, 0.717) is 6.04 Å². The maximum absolute atomic E-state index is 5.27. The topological polar surface area (TPSA) is 21.3 Å². The van der Waals surface area contributed by atoms with Gasteiger partial charge in [0.05, 0.1) is 7.11 Å². The second-order valence-corrected chi connectivity index (χ2v) is 4.19. The van der Waals surface area contributed by atoms with Gasteiger partial charge in [0.25, 0.3) is 0 Å². The minimum absolute atomic E-state index is 0.491. The minimum atomic E-state index is 0.491. The van der Waals surface area contributed by atoms with Crippen LogP contribution in [0.15, 0.2) is 30.9 Å². The number of nitrogens with one attached hydrogen (secondary N) is 1. The molecule has 0 heterocycles. The Hall–Kier alpha value is -1.28. The second kappa shape index (κ2) is 5.17. The molecule has 1 aliphatic carbocycles. The Balaban J connectivity index is 2.08. The van der Waals surface area contributed by atoms with Gasteiger partial charge in [0, 0.05) is 6.04 Å². The lowest BCUT2D eigenvalue weighted by molar-refractivity contribution is 0.413. The third kappa shape index (κ3) is 2.27. The first-order valence-electron chi connectivity index (χ1n) is 5.86. The summed E-state index contributed by atoms with van der Waals surface area (Å²) in [6.07, 6.45) is 5.34. The molecule has 0 radical (unpaired) electrons. The van der Waals surface area contributed by atoms with Gasteiger partial charge < -0.3 is 10.1 Å².